The van der Waals surface area contributed by atoms with Crippen LogP contribution in [-0.4, -0.2) is 58.0 Å². The van der Waals surface area contributed by atoms with Crippen LogP contribution in [0.25, 0.3) is 0 Å². The number of carbonyl (C=O) groups is 2. The van der Waals surface area contributed by atoms with Crippen molar-refractivity contribution in [2.45, 2.75) is 55.6 Å². The molecule has 252 valence electrons. The Balaban J connectivity index is 1.56. The summed E-state index contributed by atoms with van der Waals surface area (Å²) in [6.07, 6.45) is 3.90. The molecule has 1 atom stereocenters. The van der Waals surface area contributed by atoms with Crippen LogP contribution in [0.15, 0.2) is 108 Å². The fourth-order valence-electron chi connectivity index (χ4n) is 5.94. The molecule has 0 radical (unpaired) electrons. The Morgan fingerprint density at radius 2 is 1.46 bits per heavy atom. The van der Waals surface area contributed by atoms with Crippen LogP contribution in [0.5, 0.6) is 11.5 Å². The number of nitrogens with zero attached hydrogens (tertiary/aromatic N) is 2. The standard InChI is InChI=1S/C37H40FN3O6S/c1-46-34-22-21-32(24-35(34)47-2)48(44,45)41(31-15-7-4-8-16-31)26-36(42)40(25-28-17-19-29(38)20-18-28)33(23-27-11-5-3-6-12-27)37(43)39-30-13-9-10-14-30/h3-8,11-12,15-22,24,30,33H,9-10,13-14,23,25-26H2,1-2H3,(H,39,43)/t33-/m1/s1. The maximum absolute atomic E-state index is 14.6. The summed E-state index contributed by atoms with van der Waals surface area (Å²) in [5.74, 6) is -0.804. The molecule has 1 N–H and O–H groups in total. The molecule has 0 bridgehead atoms. The summed E-state index contributed by atoms with van der Waals surface area (Å²) in [5.41, 5.74) is 1.68. The first-order chi connectivity index (χ1) is 23.2. The lowest BCUT2D eigenvalue weighted by molar-refractivity contribution is -0.140. The average Bonchev–Trinajstić information content (AvgIpc) is 3.62. The summed E-state index contributed by atoms with van der Waals surface area (Å²) in [7, 11) is -1.49. The van der Waals surface area contributed by atoms with Crippen LogP contribution in [0.3, 0.4) is 0 Å². The van der Waals surface area contributed by atoms with Gasteiger partial charge in [-0.2, -0.15) is 0 Å². The van der Waals surface area contributed by atoms with Crippen LogP contribution >= 0.6 is 0 Å². The summed E-state index contributed by atoms with van der Waals surface area (Å²) >= 11 is 0. The molecular formula is C37H40FN3O6S. The number of para-hydroxylation sites is 1. The number of hydrogen-bond donors (Lipinski definition) is 1. The summed E-state index contributed by atoms with van der Waals surface area (Å²) < 4.78 is 54.2. The third-order valence-corrected chi connectivity index (χ3v) is 10.3. The number of methoxy groups -OCH3 is 2. The van der Waals surface area contributed by atoms with Gasteiger partial charge in [-0.15, -0.1) is 0 Å². The smallest absolute Gasteiger partial charge is 0.264 e. The van der Waals surface area contributed by atoms with Gasteiger partial charge in [0.1, 0.15) is 18.4 Å². The first-order valence-corrected chi connectivity index (χ1v) is 17.3. The molecule has 0 unspecified atom stereocenters. The minimum Gasteiger partial charge on any atom is -0.493 e. The normalized spacial score (nSPS) is 13.8. The van der Waals surface area contributed by atoms with E-state index in [1.165, 1.54) is 49.5 Å². The van der Waals surface area contributed by atoms with Gasteiger partial charge in [-0.1, -0.05) is 73.5 Å². The van der Waals surface area contributed by atoms with Gasteiger partial charge in [-0.3, -0.25) is 13.9 Å². The molecule has 1 saturated carbocycles. The topological polar surface area (TPSA) is 105 Å². The van der Waals surface area contributed by atoms with E-state index in [0.29, 0.717) is 11.3 Å². The van der Waals surface area contributed by atoms with E-state index in [9.17, 15) is 22.4 Å². The maximum Gasteiger partial charge on any atom is 0.264 e. The van der Waals surface area contributed by atoms with Gasteiger partial charge >= 0.3 is 0 Å². The molecule has 0 heterocycles. The Labute approximate surface area is 281 Å². The Hall–Kier alpha value is -4.90. The Kier molecular flexibility index (Phi) is 11.3. The summed E-state index contributed by atoms with van der Waals surface area (Å²) in [6, 6.07) is 26.6. The predicted octanol–water partition coefficient (Wildman–Crippen LogP) is 5.74. The molecular weight excluding hydrogens is 633 g/mol. The molecule has 0 saturated heterocycles. The van der Waals surface area contributed by atoms with E-state index in [4.69, 9.17) is 9.47 Å². The summed E-state index contributed by atoms with van der Waals surface area (Å²) in [4.78, 5) is 30.0. The number of amides is 2. The monoisotopic (exact) mass is 673 g/mol. The number of hydrogen-bond acceptors (Lipinski definition) is 6. The lowest BCUT2D eigenvalue weighted by Gasteiger charge is -2.34. The summed E-state index contributed by atoms with van der Waals surface area (Å²) in [6.45, 7) is -0.655. The van der Waals surface area contributed by atoms with Crippen LogP contribution in [0, 0.1) is 5.82 Å². The first-order valence-electron chi connectivity index (χ1n) is 15.9. The zero-order valence-electron chi connectivity index (χ0n) is 27.0. The van der Waals surface area contributed by atoms with Gasteiger partial charge in [0.2, 0.25) is 11.8 Å². The number of carbonyl (C=O) groups excluding carboxylic acids is 2. The van der Waals surface area contributed by atoms with Gasteiger partial charge in [0.05, 0.1) is 24.8 Å². The second-order valence-electron chi connectivity index (χ2n) is 11.7. The minimum absolute atomic E-state index is 0.00945. The molecule has 1 aliphatic carbocycles. The highest BCUT2D eigenvalue weighted by molar-refractivity contribution is 7.92. The number of ether oxygens (including phenoxy) is 2. The van der Waals surface area contributed by atoms with Crippen molar-refractivity contribution in [1.29, 1.82) is 0 Å². The van der Waals surface area contributed by atoms with Crippen LogP contribution in [-0.2, 0) is 32.6 Å². The minimum atomic E-state index is -4.34. The van der Waals surface area contributed by atoms with Crippen molar-refractivity contribution in [2.24, 2.45) is 0 Å². The fraction of sp³-hybridized carbons (Fsp3) is 0.297. The molecule has 0 aromatic heterocycles. The number of benzene rings is 4. The zero-order valence-corrected chi connectivity index (χ0v) is 27.9. The number of sulfonamides is 1. The molecule has 0 aliphatic heterocycles. The molecule has 11 heteroatoms. The van der Waals surface area contributed by atoms with Crippen LogP contribution < -0.4 is 19.1 Å². The fourth-order valence-corrected chi connectivity index (χ4v) is 7.37. The van der Waals surface area contributed by atoms with Crippen molar-refractivity contribution in [3.05, 3.63) is 120 Å². The third-order valence-electron chi connectivity index (χ3n) is 8.50. The van der Waals surface area contributed by atoms with Crippen molar-refractivity contribution >= 4 is 27.5 Å². The molecule has 0 spiro atoms. The largest absolute Gasteiger partial charge is 0.493 e. The van der Waals surface area contributed by atoms with Crippen molar-refractivity contribution in [3.63, 3.8) is 0 Å². The van der Waals surface area contributed by atoms with Gasteiger partial charge in [0.25, 0.3) is 10.0 Å². The van der Waals surface area contributed by atoms with Crippen LogP contribution in [0.4, 0.5) is 10.1 Å². The molecule has 4 aromatic rings. The molecule has 9 nitrogen and oxygen atoms in total. The van der Waals surface area contributed by atoms with E-state index in [1.807, 2.05) is 30.3 Å². The molecule has 2 amide bonds. The molecule has 48 heavy (non-hydrogen) atoms. The van der Waals surface area contributed by atoms with Gasteiger partial charge in [-0.05, 0) is 60.4 Å². The van der Waals surface area contributed by atoms with Gasteiger partial charge in [-0.25, -0.2) is 12.8 Å². The van der Waals surface area contributed by atoms with E-state index in [2.05, 4.69) is 5.32 Å². The second-order valence-corrected chi connectivity index (χ2v) is 13.6. The van der Waals surface area contributed by atoms with E-state index in [1.54, 1.807) is 42.5 Å². The highest BCUT2D eigenvalue weighted by atomic mass is 32.2. The number of nitrogens with one attached hydrogen (secondary N) is 1. The van der Waals surface area contributed by atoms with E-state index in [0.717, 1.165) is 35.6 Å². The maximum atomic E-state index is 14.6. The lowest BCUT2D eigenvalue weighted by Crippen LogP contribution is -2.54. The second kappa shape index (κ2) is 15.8. The van der Waals surface area contributed by atoms with Crippen molar-refractivity contribution in [3.8, 4) is 11.5 Å². The SMILES string of the molecule is COc1ccc(S(=O)(=O)N(CC(=O)N(Cc2ccc(F)cc2)[C@H](Cc2ccccc2)C(=O)NC2CCCC2)c2ccccc2)cc1OC. The van der Waals surface area contributed by atoms with Crippen molar-refractivity contribution < 1.29 is 31.9 Å². The molecule has 4 aromatic carbocycles. The third kappa shape index (κ3) is 8.32. The van der Waals surface area contributed by atoms with E-state index in [-0.39, 0.29) is 41.2 Å². The van der Waals surface area contributed by atoms with Crippen LogP contribution in [0.1, 0.15) is 36.8 Å². The summed E-state index contributed by atoms with van der Waals surface area (Å²) in [5, 5.41) is 3.14. The van der Waals surface area contributed by atoms with E-state index >= 15 is 0 Å². The predicted molar refractivity (Wildman–Crippen MR) is 182 cm³/mol. The number of anilines is 1. The average molecular weight is 674 g/mol. The van der Waals surface area contributed by atoms with Gasteiger partial charge in [0.15, 0.2) is 11.5 Å². The lowest BCUT2D eigenvalue weighted by atomic mass is 10.0. The highest BCUT2D eigenvalue weighted by Crippen LogP contribution is 2.32. The molecule has 1 fully saturated rings. The van der Waals surface area contributed by atoms with Crippen LogP contribution in [0.2, 0.25) is 0 Å². The Morgan fingerprint density at radius 1 is 0.833 bits per heavy atom. The number of rotatable bonds is 14. The van der Waals surface area contributed by atoms with Crippen molar-refractivity contribution in [2.75, 3.05) is 25.1 Å². The van der Waals surface area contributed by atoms with Gasteiger partial charge < -0.3 is 19.7 Å². The molecule has 5 rings (SSSR count). The molecule has 1 aliphatic rings. The van der Waals surface area contributed by atoms with Crippen molar-refractivity contribution in [1.82, 2.24) is 10.2 Å². The quantitative estimate of drug-likeness (QED) is 0.183. The Bertz CT molecular complexity index is 1780. The highest BCUT2D eigenvalue weighted by Gasteiger charge is 2.36. The zero-order chi connectivity index (χ0) is 34.1. The first kappa shape index (κ1) is 34.4. The van der Waals surface area contributed by atoms with Gasteiger partial charge in [0, 0.05) is 25.1 Å². The van der Waals surface area contributed by atoms with E-state index < -0.39 is 34.3 Å². The Morgan fingerprint density at radius 3 is 2.08 bits per heavy atom. The number of halogens is 1.